The molecule has 0 bridgehead atoms. The number of hydrogen-bond donors (Lipinski definition) is 1. The molecule has 0 saturated carbocycles. The minimum Gasteiger partial charge on any atom is -0.480 e. The van der Waals surface area contributed by atoms with E-state index in [4.69, 9.17) is 16.3 Å². The smallest absolute Gasteiger partial charge is 0.261 e. The number of rotatable bonds is 3. The van der Waals surface area contributed by atoms with Gasteiger partial charge in [-0.15, -0.1) is 11.6 Å². The fraction of sp³-hybridized carbons (Fsp3) is 0.417. The molecule has 1 heterocycles. The van der Waals surface area contributed by atoms with E-state index in [0.717, 1.165) is 11.3 Å². The highest BCUT2D eigenvalue weighted by Gasteiger charge is 2.28. The molecule has 2 rings (SSSR count). The van der Waals surface area contributed by atoms with Crippen LogP contribution >= 0.6 is 11.6 Å². The number of alkyl halides is 1. The molecule has 0 spiro atoms. The molecule has 1 N–H and O–H groups in total. The molecule has 1 aromatic rings. The summed E-state index contributed by atoms with van der Waals surface area (Å²) in [6.07, 6.45) is 0.228. The minimum atomic E-state index is -0.409. The van der Waals surface area contributed by atoms with Gasteiger partial charge in [0.1, 0.15) is 5.75 Å². The van der Waals surface area contributed by atoms with Crippen molar-refractivity contribution in [2.24, 2.45) is 0 Å². The zero-order chi connectivity index (χ0) is 11.5. The molecule has 1 aliphatic rings. The topological polar surface area (TPSA) is 38.3 Å². The summed E-state index contributed by atoms with van der Waals surface area (Å²) in [6.45, 7) is 2.31. The van der Waals surface area contributed by atoms with Gasteiger partial charge in [0, 0.05) is 18.3 Å². The van der Waals surface area contributed by atoms with Gasteiger partial charge < -0.3 is 10.1 Å². The highest BCUT2D eigenvalue weighted by atomic mass is 35.5. The first-order valence-corrected chi connectivity index (χ1v) is 5.77. The first-order valence-electron chi connectivity index (χ1n) is 5.33. The number of fused-ring (bicyclic) bond motifs is 1. The Morgan fingerprint density at radius 2 is 2.38 bits per heavy atom. The third kappa shape index (κ3) is 2.47. The van der Waals surface area contributed by atoms with E-state index in [1.54, 1.807) is 0 Å². The molecule has 1 amide bonds. The van der Waals surface area contributed by atoms with Crippen molar-refractivity contribution in [2.45, 2.75) is 24.8 Å². The second kappa shape index (κ2) is 4.74. The van der Waals surface area contributed by atoms with Gasteiger partial charge in [-0.25, -0.2) is 0 Å². The maximum absolute atomic E-state index is 11.7. The Morgan fingerprint density at radius 1 is 1.62 bits per heavy atom. The number of ether oxygens (including phenoxy) is 1. The average molecular weight is 240 g/mol. The van der Waals surface area contributed by atoms with Crippen molar-refractivity contribution < 1.29 is 9.53 Å². The standard InChI is InChI=1S/C12H14ClNO2/c1-8(13)7-14-12(15)11-6-9-4-2-3-5-10(9)16-11/h2-5,8,11H,6-7H2,1H3,(H,14,15). The van der Waals surface area contributed by atoms with Crippen molar-refractivity contribution in [1.29, 1.82) is 0 Å². The van der Waals surface area contributed by atoms with Crippen LogP contribution in [0.1, 0.15) is 12.5 Å². The molecule has 0 aliphatic carbocycles. The van der Waals surface area contributed by atoms with Crippen molar-refractivity contribution in [3.05, 3.63) is 29.8 Å². The van der Waals surface area contributed by atoms with Gasteiger partial charge in [-0.3, -0.25) is 4.79 Å². The monoisotopic (exact) mass is 239 g/mol. The lowest BCUT2D eigenvalue weighted by molar-refractivity contribution is -0.127. The Labute approximate surface area is 99.7 Å². The predicted octanol–water partition coefficient (Wildman–Crippen LogP) is 1.73. The van der Waals surface area contributed by atoms with Crippen LogP contribution in [-0.4, -0.2) is 23.9 Å². The molecule has 2 atom stereocenters. The summed E-state index contributed by atoms with van der Waals surface area (Å²) in [5.41, 5.74) is 1.08. The van der Waals surface area contributed by atoms with Crippen LogP contribution in [0.5, 0.6) is 5.75 Å². The lowest BCUT2D eigenvalue weighted by Crippen LogP contribution is -2.39. The fourth-order valence-corrected chi connectivity index (χ4v) is 1.76. The summed E-state index contributed by atoms with van der Waals surface area (Å²) in [7, 11) is 0. The molecular formula is C12H14ClNO2. The highest BCUT2D eigenvalue weighted by Crippen LogP contribution is 2.27. The molecule has 4 heteroatoms. The van der Waals surface area contributed by atoms with Crippen LogP contribution < -0.4 is 10.1 Å². The quantitative estimate of drug-likeness (QED) is 0.816. The van der Waals surface area contributed by atoms with Gasteiger partial charge in [0.25, 0.3) is 5.91 Å². The van der Waals surface area contributed by atoms with Crippen LogP contribution in [0.4, 0.5) is 0 Å². The molecule has 2 unspecified atom stereocenters. The van der Waals surface area contributed by atoms with Crippen LogP contribution in [0.25, 0.3) is 0 Å². The van der Waals surface area contributed by atoms with E-state index in [1.165, 1.54) is 0 Å². The van der Waals surface area contributed by atoms with Crippen molar-refractivity contribution in [2.75, 3.05) is 6.54 Å². The zero-order valence-corrected chi connectivity index (χ0v) is 9.83. The number of carbonyl (C=O) groups excluding carboxylic acids is 1. The number of para-hydroxylation sites is 1. The minimum absolute atomic E-state index is 0.0623. The van der Waals surface area contributed by atoms with Crippen LogP contribution in [0, 0.1) is 0 Å². The molecule has 16 heavy (non-hydrogen) atoms. The Morgan fingerprint density at radius 3 is 3.06 bits per heavy atom. The van der Waals surface area contributed by atoms with Crippen LogP contribution in [0.2, 0.25) is 0 Å². The summed E-state index contributed by atoms with van der Waals surface area (Å²) >= 11 is 5.76. The Bertz CT molecular complexity index is 367. The van der Waals surface area contributed by atoms with Gasteiger partial charge in [0.2, 0.25) is 0 Å². The molecule has 0 saturated heterocycles. The van der Waals surface area contributed by atoms with Crippen molar-refractivity contribution in [3.8, 4) is 5.75 Å². The van der Waals surface area contributed by atoms with Gasteiger partial charge in [-0.2, -0.15) is 0 Å². The van der Waals surface area contributed by atoms with Crippen LogP contribution in [-0.2, 0) is 11.2 Å². The van der Waals surface area contributed by atoms with Crippen LogP contribution in [0.15, 0.2) is 24.3 Å². The van der Waals surface area contributed by atoms with Gasteiger partial charge in [0.05, 0.1) is 0 Å². The normalized spacial score (nSPS) is 19.8. The van der Waals surface area contributed by atoms with Crippen molar-refractivity contribution in [1.82, 2.24) is 5.32 Å². The van der Waals surface area contributed by atoms with Crippen LogP contribution in [0.3, 0.4) is 0 Å². The second-order valence-corrected chi connectivity index (χ2v) is 4.69. The third-order valence-electron chi connectivity index (χ3n) is 2.50. The predicted molar refractivity (Wildman–Crippen MR) is 62.9 cm³/mol. The zero-order valence-electron chi connectivity index (χ0n) is 9.07. The summed E-state index contributed by atoms with van der Waals surface area (Å²) in [6, 6.07) is 7.71. The molecular weight excluding hydrogens is 226 g/mol. The van der Waals surface area contributed by atoms with E-state index < -0.39 is 6.10 Å². The van der Waals surface area contributed by atoms with Gasteiger partial charge in [0.15, 0.2) is 6.10 Å². The third-order valence-corrected chi connectivity index (χ3v) is 2.65. The van der Waals surface area contributed by atoms with E-state index in [-0.39, 0.29) is 11.3 Å². The Balaban J connectivity index is 1.93. The van der Waals surface area contributed by atoms with E-state index in [9.17, 15) is 4.79 Å². The van der Waals surface area contributed by atoms with E-state index >= 15 is 0 Å². The summed E-state index contributed by atoms with van der Waals surface area (Å²) in [5, 5.41) is 2.70. The number of hydrogen-bond acceptors (Lipinski definition) is 2. The fourth-order valence-electron chi connectivity index (χ4n) is 1.68. The number of nitrogens with one attached hydrogen (secondary N) is 1. The maximum Gasteiger partial charge on any atom is 0.261 e. The average Bonchev–Trinajstić information content (AvgIpc) is 2.69. The van der Waals surface area contributed by atoms with E-state index in [2.05, 4.69) is 5.32 Å². The van der Waals surface area contributed by atoms with Gasteiger partial charge in [-0.1, -0.05) is 18.2 Å². The van der Waals surface area contributed by atoms with E-state index in [0.29, 0.717) is 13.0 Å². The number of halogens is 1. The number of amides is 1. The first kappa shape index (κ1) is 11.3. The van der Waals surface area contributed by atoms with E-state index in [1.807, 2.05) is 31.2 Å². The molecule has 0 radical (unpaired) electrons. The first-order chi connectivity index (χ1) is 7.66. The highest BCUT2D eigenvalue weighted by molar-refractivity contribution is 6.20. The van der Waals surface area contributed by atoms with Crippen molar-refractivity contribution in [3.63, 3.8) is 0 Å². The Kier molecular flexibility index (Phi) is 3.34. The summed E-state index contributed by atoms with van der Waals surface area (Å²) < 4.78 is 5.55. The largest absolute Gasteiger partial charge is 0.480 e. The molecule has 1 aromatic carbocycles. The Hall–Kier alpha value is -1.22. The molecule has 1 aliphatic heterocycles. The molecule has 0 fully saturated rings. The van der Waals surface area contributed by atoms with Crippen molar-refractivity contribution >= 4 is 17.5 Å². The lowest BCUT2D eigenvalue weighted by Gasteiger charge is -2.11. The second-order valence-electron chi connectivity index (χ2n) is 3.94. The van der Waals surface area contributed by atoms with Gasteiger partial charge >= 0.3 is 0 Å². The maximum atomic E-state index is 11.7. The summed E-state index contributed by atoms with van der Waals surface area (Å²) in [4.78, 5) is 11.7. The van der Waals surface area contributed by atoms with Gasteiger partial charge in [-0.05, 0) is 18.6 Å². The number of benzene rings is 1. The molecule has 0 aromatic heterocycles. The summed E-state index contributed by atoms with van der Waals surface area (Å²) in [5.74, 6) is 0.713. The molecule has 3 nitrogen and oxygen atoms in total. The number of carbonyl (C=O) groups is 1. The SMILES string of the molecule is CC(Cl)CNC(=O)C1Cc2ccccc2O1. The lowest BCUT2D eigenvalue weighted by atomic mass is 10.1. The molecule has 86 valence electrons.